The number of ether oxygens (including phenoxy) is 1. The molecule has 0 saturated carbocycles. The fourth-order valence-electron chi connectivity index (χ4n) is 4.24. The first-order valence-electron chi connectivity index (χ1n) is 11.3. The van der Waals surface area contributed by atoms with Crippen molar-refractivity contribution in [2.75, 3.05) is 11.5 Å². The van der Waals surface area contributed by atoms with E-state index in [1.54, 1.807) is 49.4 Å². The normalized spacial score (nSPS) is 14.8. The van der Waals surface area contributed by atoms with Crippen molar-refractivity contribution in [3.05, 3.63) is 82.2 Å². The summed E-state index contributed by atoms with van der Waals surface area (Å²) in [5, 5.41) is 11.6. The lowest BCUT2D eigenvalue weighted by Gasteiger charge is -2.27. The zero-order valence-corrected chi connectivity index (χ0v) is 20.3. The van der Waals surface area contributed by atoms with E-state index in [4.69, 9.17) is 4.74 Å². The van der Waals surface area contributed by atoms with Crippen molar-refractivity contribution in [2.24, 2.45) is 0 Å². The highest BCUT2D eigenvalue weighted by atomic mass is 16.5. The lowest BCUT2D eigenvalue weighted by Crippen LogP contribution is -2.54. The SMILES string of the molecule is CCOc1ccccc1N1C(=O)NC(=O)/C(=C\c2cc(C)n(-c3cc(C(=O)O)ccc3C)c2C)C1=O. The van der Waals surface area contributed by atoms with E-state index in [-0.39, 0.29) is 16.8 Å². The molecule has 2 aromatic carbocycles. The molecule has 4 rings (SSSR count). The quantitative estimate of drug-likeness (QED) is 0.398. The molecule has 0 spiro atoms. The third-order valence-electron chi connectivity index (χ3n) is 5.97. The van der Waals surface area contributed by atoms with Crippen LogP contribution in [0.4, 0.5) is 10.5 Å². The molecule has 1 aromatic heterocycles. The first kappa shape index (κ1) is 24.5. The number of carbonyl (C=O) groups excluding carboxylic acids is 3. The summed E-state index contributed by atoms with van der Waals surface area (Å²) in [6, 6.07) is 12.4. The maximum absolute atomic E-state index is 13.4. The zero-order valence-electron chi connectivity index (χ0n) is 20.3. The number of aryl methyl sites for hydroxylation is 2. The monoisotopic (exact) mass is 487 g/mol. The summed E-state index contributed by atoms with van der Waals surface area (Å²) in [6.45, 7) is 7.64. The maximum atomic E-state index is 13.4. The van der Waals surface area contributed by atoms with Gasteiger partial charge >= 0.3 is 12.0 Å². The molecule has 1 fully saturated rings. The average molecular weight is 488 g/mol. The van der Waals surface area contributed by atoms with E-state index >= 15 is 0 Å². The number of nitrogens with one attached hydrogen (secondary N) is 1. The molecule has 2 heterocycles. The maximum Gasteiger partial charge on any atom is 0.336 e. The predicted molar refractivity (Wildman–Crippen MR) is 134 cm³/mol. The van der Waals surface area contributed by atoms with Crippen LogP contribution in [0.2, 0.25) is 0 Å². The molecule has 0 radical (unpaired) electrons. The molecule has 1 saturated heterocycles. The first-order valence-corrected chi connectivity index (χ1v) is 11.3. The first-order chi connectivity index (χ1) is 17.1. The van der Waals surface area contributed by atoms with Crippen LogP contribution in [-0.4, -0.2) is 40.1 Å². The number of nitrogens with zero attached hydrogens (tertiary/aromatic N) is 2. The molecule has 4 amide bonds. The van der Waals surface area contributed by atoms with Gasteiger partial charge in [0.2, 0.25) is 0 Å². The van der Waals surface area contributed by atoms with Gasteiger partial charge in [-0.1, -0.05) is 18.2 Å². The standard InChI is InChI=1S/C27H25N3O6/c1-5-36-23-9-7-6-8-21(23)30-25(32)20(24(31)28-27(30)35)13-19-12-16(3)29(17(19)4)22-14-18(26(33)34)11-10-15(22)2/h6-14H,5H2,1-4H3,(H,33,34)(H,28,31,35)/b20-13+. The van der Waals surface area contributed by atoms with E-state index in [2.05, 4.69) is 5.32 Å². The molecular formula is C27H25N3O6. The van der Waals surface area contributed by atoms with Crippen LogP contribution in [0.25, 0.3) is 11.8 Å². The number of carbonyl (C=O) groups is 4. The molecule has 0 bridgehead atoms. The third-order valence-corrected chi connectivity index (χ3v) is 5.97. The van der Waals surface area contributed by atoms with Crippen LogP contribution in [0.3, 0.4) is 0 Å². The second-order valence-corrected chi connectivity index (χ2v) is 8.33. The molecular weight excluding hydrogens is 462 g/mol. The van der Waals surface area contributed by atoms with Crippen LogP contribution in [0.1, 0.15) is 39.8 Å². The minimum absolute atomic E-state index is 0.145. The number of benzene rings is 2. The van der Waals surface area contributed by atoms with E-state index < -0.39 is 23.8 Å². The number of aromatic nitrogens is 1. The van der Waals surface area contributed by atoms with Crippen LogP contribution in [-0.2, 0) is 9.59 Å². The van der Waals surface area contributed by atoms with Crippen LogP contribution in [0, 0.1) is 20.8 Å². The molecule has 1 aliphatic heterocycles. The van der Waals surface area contributed by atoms with Crippen molar-refractivity contribution in [1.82, 2.24) is 9.88 Å². The Kier molecular flexibility index (Phi) is 6.48. The van der Waals surface area contributed by atoms with E-state index in [0.717, 1.165) is 16.2 Å². The Bertz CT molecular complexity index is 1450. The van der Waals surface area contributed by atoms with Gasteiger partial charge in [-0.3, -0.25) is 14.9 Å². The Morgan fingerprint density at radius 1 is 1.03 bits per heavy atom. The van der Waals surface area contributed by atoms with Crippen molar-refractivity contribution >= 4 is 35.6 Å². The summed E-state index contributed by atoms with van der Waals surface area (Å²) in [4.78, 5) is 51.1. The predicted octanol–water partition coefficient (Wildman–Crippen LogP) is 4.17. The minimum Gasteiger partial charge on any atom is -0.492 e. The molecule has 2 N–H and O–H groups in total. The van der Waals surface area contributed by atoms with Crippen molar-refractivity contribution in [1.29, 1.82) is 0 Å². The molecule has 184 valence electrons. The van der Waals surface area contributed by atoms with Crippen molar-refractivity contribution in [3.8, 4) is 11.4 Å². The Balaban J connectivity index is 1.80. The number of urea groups is 1. The Morgan fingerprint density at radius 3 is 2.44 bits per heavy atom. The highest BCUT2D eigenvalue weighted by Gasteiger charge is 2.38. The molecule has 1 aliphatic rings. The summed E-state index contributed by atoms with van der Waals surface area (Å²) < 4.78 is 7.44. The Morgan fingerprint density at radius 2 is 1.75 bits per heavy atom. The number of amides is 4. The third kappa shape index (κ3) is 4.26. The number of para-hydroxylation sites is 2. The van der Waals surface area contributed by atoms with Gasteiger partial charge in [-0.25, -0.2) is 14.5 Å². The van der Waals surface area contributed by atoms with Gasteiger partial charge in [-0.2, -0.15) is 0 Å². The number of hydrogen-bond acceptors (Lipinski definition) is 5. The second kappa shape index (κ2) is 9.53. The highest BCUT2D eigenvalue weighted by molar-refractivity contribution is 6.39. The fraction of sp³-hybridized carbons (Fsp3) is 0.185. The van der Waals surface area contributed by atoms with Gasteiger partial charge in [0.15, 0.2) is 0 Å². The van der Waals surface area contributed by atoms with E-state index in [0.29, 0.717) is 29.3 Å². The van der Waals surface area contributed by atoms with Crippen molar-refractivity contribution in [2.45, 2.75) is 27.7 Å². The fourth-order valence-corrected chi connectivity index (χ4v) is 4.24. The largest absolute Gasteiger partial charge is 0.492 e. The summed E-state index contributed by atoms with van der Waals surface area (Å²) in [5.74, 6) is -2.28. The van der Waals surface area contributed by atoms with Gasteiger partial charge in [0, 0.05) is 17.1 Å². The smallest absolute Gasteiger partial charge is 0.336 e. The van der Waals surface area contributed by atoms with Gasteiger partial charge < -0.3 is 14.4 Å². The molecule has 9 nitrogen and oxygen atoms in total. The van der Waals surface area contributed by atoms with Gasteiger partial charge in [0.05, 0.1) is 17.9 Å². The second-order valence-electron chi connectivity index (χ2n) is 8.33. The summed E-state index contributed by atoms with van der Waals surface area (Å²) in [7, 11) is 0. The van der Waals surface area contributed by atoms with Crippen LogP contribution in [0.15, 0.2) is 54.1 Å². The number of barbiturate groups is 1. The van der Waals surface area contributed by atoms with E-state index in [9.17, 15) is 24.3 Å². The van der Waals surface area contributed by atoms with E-state index in [1.165, 1.54) is 12.1 Å². The van der Waals surface area contributed by atoms with Gasteiger partial charge in [0.25, 0.3) is 11.8 Å². The Labute approximate surface area is 207 Å². The van der Waals surface area contributed by atoms with Crippen molar-refractivity contribution < 1.29 is 29.0 Å². The molecule has 0 atom stereocenters. The molecule has 3 aromatic rings. The highest BCUT2D eigenvalue weighted by Crippen LogP contribution is 2.32. The number of imide groups is 2. The van der Waals surface area contributed by atoms with Gasteiger partial charge in [-0.05, 0) is 75.2 Å². The van der Waals surface area contributed by atoms with Crippen LogP contribution in [0.5, 0.6) is 5.75 Å². The summed E-state index contributed by atoms with van der Waals surface area (Å²) in [5.41, 5.74) is 3.76. The average Bonchev–Trinajstić information content (AvgIpc) is 3.10. The van der Waals surface area contributed by atoms with Gasteiger partial charge in [0.1, 0.15) is 11.3 Å². The van der Waals surface area contributed by atoms with Crippen molar-refractivity contribution in [3.63, 3.8) is 0 Å². The number of aromatic carboxylic acids is 1. The molecule has 0 aliphatic carbocycles. The molecule has 0 unspecified atom stereocenters. The lowest BCUT2D eigenvalue weighted by molar-refractivity contribution is -0.122. The number of hydrogen-bond donors (Lipinski definition) is 2. The summed E-state index contributed by atoms with van der Waals surface area (Å²) >= 11 is 0. The zero-order chi connectivity index (χ0) is 26.1. The van der Waals surface area contributed by atoms with E-state index in [1.807, 2.05) is 25.3 Å². The number of rotatable bonds is 6. The molecule has 36 heavy (non-hydrogen) atoms. The number of carboxylic acid groups (broad SMARTS) is 1. The van der Waals surface area contributed by atoms with Gasteiger partial charge in [-0.15, -0.1) is 0 Å². The number of anilines is 1. The van der Waals surface area contributed by atoms with Crippen LogP contribution < -0.4 is 15.0 Å². The summed E-state index contributed by atoms with van der Waals surface area (Å²) in [6.07, 6.45) is 1.44. The Hall–Kier alpha value is -4.66. The lowest BCUT2D eigenvalue weighted by atomic mass is 10.1. The topological polar surface area (TPSA) is 118 Å². The van der Waals surface area contributed by atoms with Crippen LogP contribution >= 0.6 is 0 Å². The minimum atomic E-state index is -1.04. The molecule has 9 heteroatoms. The number of carboxylic acids is 1.